The fraction of sp³-hybridized carbons (Fsp3) is 0.528. The predicted molar refractivity (Wildman–Crippen MR) is 178 cm³/mol. The number of imidazole rings is 1. The molecule has 0 saturated heterocycles. The van der Waals surface area contributed by atoms with E-state index in [1.54, 1.807) is 17.2 Å². The Labute approximate surface area is 274 Å². The molecule has 3 aliphatic rings. The molecule has 3 saturated carbocycles. The maximum atomic E-state index is 13.9. The molecule has 2 bridgehead atoms. The molecular weight excluding hydrogens is 592 g/mol. The number of ketones is 2. The first-order chi connectivity index (χ1) is 22.4. The van der Waals surface area contributed by atoms with Crippen LogP contribution in [-0.2, 0) is 16.1 Å². The maximum absolute atomic E-state index is 13.9. The third-order valence-corrected chi connectivity index (χ3v) is 12.7. The van der Waals surface area contributed by atoms with E-state index in [0.717, 1.165) is 30.5 Å². The number of aliphatic hydroxyl groups is 1. The Morgan fingerprint density at radius 3 is 2.79 bits per heavy atom. The number of fused-ring (bicyclic) bond motifs is 1. The molecule has 0 radical (unpaired) electrons. The van der Waals surface area contributed by atoms with E-state index in [9.17, 15) is 14.7 Å². The van der Waals surface area contributed by atoms with Crippen LogP contribution in [0, 0.1) is 39.9 Å². The summed E-state index contributed by atoms with van der Waals surface area (Å²) in [4.78, 5) is 40.4. The molecule has 0 aliphatic heterocycles. The predicted octanol–water partition coefficient (Wildman–Crippen LogP) is 5.23. The van der Waals surface area contributed by atoms with Crippen LogP contribution < -0.4 is 5.73 Å². The fourth-order valence-electron chi connectivity index (χ4n) is 9.78. The van der Waals surface area contributed by atoms with Crippen LogP contribution in [0.2, 0.25) is 0 Å². The number of aromatic nitrogens is 7. The zero-order valence-electron chi connectivity index (χ0n) is 27.6. The first kappa shape index (κ1) is 31.4. The number of nitrogen functional groups attached to an aromatic ring is 1. The summed E-state index contributed by atoms with van der Waals surface area (Å²) in [5.74, 6) is 0.653. The SMILES string of the molecule is C=C[C@]1(C)C[C@@H](CC(=O)Cn2cc(-c3cccc(-n4cnc5c(N)ncnc54)c3)nn2)[C@]2(C)[C@H](C)CC[C@]3(CCC(=O)[C@H]32)[C@@H](C)[C@@H]1O. The molecular formula is C36H44N8O3. The number of carbonyl (C=O) groups is 2. The summed E-state index contributed by atoms with van der Waals surface area (Å²) in [6.45, 7) is 13.0. The van der Waals surface area contributed by atoms with Gasteiger partial charge in [0, 0.05) is 35.4 Å². The number of anilines is 1. The molecule has 1 aromatic carbocycles. The highest BCUT2D eigenvalue weighted by molar-refractivity contribution is 5.86. The van der Waals surface area contributed by atoms with Gasteiger partial charge in [-0.25, -0.2) is 19.6 Å². The topological polar surface area (TPSA) is 155 Å². The van der Waals surface area contributed by atoms with Crippen molar-refractivity contribution in [3.8, 4) is 16.9 Å². The second kappa shape index (κ2) is 11.2. The van der Waals surface area contributed by atoms with Crippen LogP contribution in [0.25, 0.3) is 28.1 Å². The molecule has 246 valence electrons. The number of nitrogens with two attached hydrogens (primary N) is 1. The molecule has 3 heterocycles. The van der Waals surface area contributed by atoms with Crippen molar-refractivity contribution < 1.29 is 14.7 Å². The summed E-state index contributed by atoms with van der Waals surface area (Å²) in [6.07, 6.45) is 10.3. The summed E-state index contributed by atoms with van der Waals surface area (Å²) in [5.41, 5.74) is 8.22. The smallest absolute Gasteiger partial charge is 0.170 e. The van der Waals surface area contributed by atoms with Crippen molar-refractivity contribution in [2.24, 2.45) is 39.9 Å². The Hall–Kier alpha value is -4.25. The molecule has 3 fully saturated rings. The van der Waals surface area contributed by atoms with Crippen molar-refractivity contribution in [2.45, 2.75) is 78.9 Å². The molecule has 3 aromatic heterocycles. The average Bonchev–Trinajstić information content (AvgIpc) is 3.80. The van der Waals surface area contributed by atoms with Gasteiger partial charge in [-0.3, -0.25) is 14.2 Å². The third kappa shape index (κ3) is 4.76. The second-order valence-electron chi connectivity index (χ2n) is 14.9. The molecule has 0 amide bonds. The van der Waals surface area contributed by atoms with Crippen molar-refractivity contribution in [1.82, 2.24) is 34.5 Å². The van der Waals surface area contributed by atoms with E-state index in [0.29, 0.717) is 47.7 Å². The highest BCUT2D eigenvalue weighted by Crippen LogP contribution is 2.69. The quantitative estimate of drug-likeness (QED) is 0.260. The van der Waals surface area contributed by atoms with Gasteiger partial charge in [-0.2, -0.15) is 0 Å². The number of Topliss-reactive ketones (excluding diaryl/α,β-unsaturated/α-hetero) is 2. The lowest BCUT2D eigenvalue weighted by molar-refractivity contribution is -0.177. The van der Waals surface area contributed by atoms with Gasteiger partial charge in [0.15, 0.2) is 22.8 Å². The van der Waals surface area contributed by atoms with Crippen LogP contribution >= 0.6 is 0 Å². The van der Waals surface area contributed by atoms with Crippen molar-refractivity contribution in [3.05, 3.63) is 55.8 Å². The van der Waals surface area contributed by atoms with Crippen molar-refractivity contribution in [1.29, 1.82) is 0 Å². The Morgan fingerprint density at radius 2 is 2.00 bits per heavy atom. The van der Waals surface area contributed by atoms with E-state index in [1.807, 2.05) is 34.9 Å². The second-order valence-corrected chi connectivity index (χ2v) is 14.9. The minimum atomic E-state index is -0.636. The van der Waals surface area contributed by atoms with Crippen molar-refractivity contribution in [2.75, 3.05) is 5.73 Å². The minimum Gasteiger partial charge on any atom is -0.392 e. The number of rotatable bonds is 7. The standard InChI is InChI=1S/C36H44N8O3/c1-6-34(4)16-24(35(5)21(2)10-12-36(22(3)31(34)47)13-11-28(46)30(35)36)15-26(45)17-43-18-27(41-42-43)23-8-7-9-25(14-23)44-20-40-29-32(37)38-19-39-33(29)44/h6-9,14,18-22,24,30-31,47H,1,10-13,15-17H2,2-5H3,(H2,37,38,39)/t21-,22+,24-,30+,31+,34-,35+,36+/m1/s1. The molecule has 7 rings (SSSR count). The number of benzene rings is 1. The van der Waals surface area contributed by atoms with Gasteiger partial charge in [0.25, 0.3) is 0 Å². The first-order valence-corrected chi connectivity index (χ1v) is 16.7. The third-order valence-electron chi connectivity index (χ3n) is 12.7. The van der Waals surface area contributed by atoms with Crippen LogP contribution in [0.15, 0.2) is 55.8 Å². The van der Waals surface area contributed by atoms with Gasteiger partial charge in [0.05, 0.1) is 12.3 Å². The number of aliphatic hydroxyl groups excluding tert-OH is 1. The lowest BCUT2D eigenvalue weighted by Gasteiger charge is -2.62. The Balaban J connectivity index is 1.15. The molecule has 0 spiro atoms. The molecule has 3 aliphatic carbocycles. The van der Waals surface area contributed by atoms with Gasteiger partial charge in [-0.1, -0.05) is 51.1 Å². The van der Waals surface area contributed by atoms with Crippen LogP contribution in [0.4, 0.5) is 5.82 Å². The normalized spacial score (nSPS) is 33.7. The molecule has 4 aromatic rings. The van der Waals surface area contributed by atoms with Gasteiger partial charge < -0.3 is 10.8 Å². The Morgan fingerprint density at radius 1 is 1.19 bits per heavy atom. The molecule has 11 heteroatoms. The summed E-state index contributed by atoms with van der Waals surface area (Å²) in [6, 6.07) is 7.76. The van der Waals surface area contributed by atoms with Crippen LogP contribution in [0.5, 0.6) is 0 Å². The van der Waals surface area contributed by atoms with Crippen molar-refractivity contribution >= 4 is 28.5 Å². The largest absolute Gasteiger partial charge is 0.392 e. The van der Waals surface area contributed by atoms with E-state index in [4.69, 9.17) is 5.73 Å². The van der Waals surface area contributed by atoms with Gasteiger partial charge in [0.2, 0.25) is 0 Å². The average molecular weight is 637 g/mol. The van der Waals surface area contributed by atoms with Gasteiger partial charge in [-0.15, -0.1) is 11.7 Å². The summed E-state index contributed by atoms with van der Waals surface area (Å²) in [5, 5.41) is 20.5. The maximum Gasteiger partial charge on any atom is 0.170 e. The van der Waals surface area contributed by atoms with Gasteiger partial charge in [-0.05, 0) is 66.4 Å². The van der Waals surface area contributed by atoms with Crippen LogP contribution in [-0.4, -0.2) is 57.3 Å². The van der Waals surface area contributed by atoms with E-state index >= 15 is 0 Å². The van der Waals surface area contributed by atoms with Crippen LogP contribution in [0.3, 0.4) is 0 Å². The fourth-order valence-corrected chi connectivity index (χ4v) is 9.78. The molecule has 0 unspecified atom stereocenters. The molecule has 47 heavy (non-hydrogen) atoms. The van der Waals surface area contributed by atoms with E-state index in [-0.39, 0.29) is 46.8 Å². The zero-order chi connectivity index (χ0) is 33.3. The van der Waals surface area contributed by atoms with E-state index in [1.165, 1.54) is 6.33 Å². The number of nitrogens with zero attached hydrogens (tertiary/aromatic N) is 7. The number of hydrogen-bond donors (Lipinski definition) is 2. The van der Waals surface area contributed by atoms with Gasteiger partial charge in [0.1, 0.15) is 30.7 Å². The Bertz CT molecular complexity index is 1880. The first-order valence-electron chi connectivity index (χ1n) is 16.7. The minimum absolute atomic E-state index is 0.0311. The zero-order valence-corrected chi connectivity index (χ0v) is 27.6. The van der Waals surface area contributed by atoms with E-state index < -0.39 is 11.5 Å². The highest BCUT2D eigenvalue weighted by Gasteiger charge is 2.67. The monoisotopic (exact) mass is 636 g/mol. The molecule has 11 nitrogen and oxygen atoms in total. The van der Waals surface area contributed by atoms with Gasteiger partial charge >= 0.3 is 0 Å². The summed E-state index contributed by atoms with van der Waals surface area (Å²) in [7, 11) is 0. The lowest BCUT2D eigenvalue weighted by atomic mass is 9.41. The number of carbonyl (C=O) groups excluding carboxylic acids is 2. The number of hydrogen-bond acceptors (Lipinski definition) is 9. The highest BCUT2D eigenvalue weighted by atomic mass is 16.3. The van der Waals surface area contributed by atoms with Crippen LogP contribution in [0.1, 0.15) is 66.2 Å². The van der Waals surface area contributed by atoms with Crippen molar-refractivity contribution in [3.63, 3.8) is 0 Å². The Kier molecular flexibility index (Phi) is 7.46. The van der Waals surface area contributed by atoms with E-state index in [2.05, 4.69) is 59.5 Å². The molecule has 3 N–H and O–H groups in total. The molecule has 8 atom stereocenters. The summed E-state index contributed by atoms with van der Waals surface area (Å²) < 4.78 is 3.43. The summed E-state index contributed by atoms with van der Waals surface area (Å²) >= 11 is 0. The lowest BCUT2D eigenvalue weighted by Crippen LogP contribution is -2.61.